The molecular formula is C21H30N2O5S. The summed E-state index contributed by atoms with van der Waals surface area (Å²) in [6, 6.07) is 5.27. The summed E-state index contributed by atoms with van der Waals surface area (Å²) in [5.74, 6) is 0.705. The van der Waals surface area contributed by atoms with Crippen molar-refractivity contribution in [3.8, 4) is 11.5 Å². The molecular weight excluding hydrogens is 392 g/mol. The SMILES string of the molecule is COc1ccc(NC(=O)[C@@H]2CN(S(=O)(=O)C3CC3)CC23CCCCC3)cc1OC. The van der Waals surface area contributed by atoms with Crippen LogP contribution in [-0.4, -0.2) is 51.2 Å². The van der Waals surface area contributed by atoms with Gasteiger partial charge in [0.05, 0.1) is 25.4 Å². The Kier molecular flexibility index (Phi) is 5.50. The second-order valence-electron chi connectivity index (χ2n) is 8.57. The molecule has 29 heavy (non-hydrogen) atoms. The van der Waals surface area contributed by atoms with E-state index in [1.54, 1.807) is 36.7 Å². The third-order valence-corrected chi connectivity index (χ3v) is 9.05. The second-order valence-corrected chi connectivity index (χ2v) is 10.8. The van der Waals surface area contributed by atoms with Gasteiger partial charge < -0.3 is 14.8 Å². The average molecular weight is 423 g/mol. The number of carbonyl (C=O) groups excluding carboxylic acids is 1. The average Bonchev–Trinajstić information content (AvgIpc) is 3.52. The molecule has 1 heterocycles. The topological polar surface area (TPSA) is 84.9 Å². The maximum atomic E-state index is 13.3. The van der Waals surface area contributed by atoms with Gasteiger partial charge in [-0.25, -0.2) is 12.7 Å². The fourth-order valence-corrected chi connectivity index (χ4v) is 6.91. The molecule has 1 spiro atoms. The zero-order chi connectivity index (χ0) is 20.6. The highest BCUT2D eigenvalue weighted by atomic mass is 32.2. The van der Waals surface area contributed by atoms with Gasteiger partial charge in [-0.05, 0) is 43.2 Å². The highest BCUT2D eigenvalue weighted by Gasteiger charge is 2.55. The van der Waals surface area contributed by atoms with Crippen molar-refractivity contribution in [2.45, 2.75) is 50.2 Å². The number of carbonyl (C=O) groups is 1. The molecule has 1 aliphatic heterocycles. The van der Waals surface area contributed by atoms with E-state index in [-0.39, 0.29) is 29.0 Å². The summed E-state index contributed by atoms with van der Waals surface area (Å²) in [7, 11) is -0.164. The normalized spacial score (nSPS) is 24.4. The van der Waals surface area contributed by atoms with Crippen molar-refractivity contribution in [2.75, 3.05) is 32.6 Å². The molecule has 1 aromatic carbocycles. The van der Waals surface area contributed by atoms with E-state index in [0.29, 0.717) is 23.7 Å². The van der Waals surface area contributed by atoms with Crippen molar-refractivity contribution in [3.63, 3.8) is 0 Å². The number of hydrogen-bond donors (Lipinski definition) is 1. The number of rotatable bonds is 6. The van der Waals surface area contributed by atoms with E-state index in [9.17, 15) is 13.2 Å². The Bertz CT molecular complexity index is 875. The van der Waals surface area contributed by atoms with E-state index in [1.807, 2.05) is 0 Å². The first-order valence-corrected chi connectivity index (χ1v) is 11.9. The fourth-order valence-electron chi connectivity index (χ4n) is 4.96. The van der Waals surface area contributed by atoms with Crippen molar-refractivity contribution in [1.82, 2.24) is 4.31 Å². The van der Waals surface area contributed by atoms with Crippen LogP contribution >= 0.6 is 0 Å². The first kappa shape index (κ1) is 20.5. The minimum atomic E-state index is -3.28. The first-order chi connectivity index (χ1) is 13.9. The molecule has 2 saturated carbocycles. The third kappa shape index (κ3) is 3.84. The lowest BCUT2D eigenvalue weighted by Gasteiger charge is -2.37. The lowest BCUT2D eigenvalue weighted by Crippen LogP contribution is -2.39. The van der Waals surface area contributed by atoms with E-state index in [2.05, 4.69) is 5.32 Å². The van der Waals surface area contributed by atoms with Crippen LogP contribution in [0.25, 0.3) is 0 Å². The third-order valence-electron chi connectivity index (χ3n) is 6.74. The van der Waals surface area contributed by atoms with Crippen LogP contribution in [0.2, 0.25) is 0 Å². The Labute approximate surface area is 172 Å². The molecule has 1 saturated heterocycles. The zero-order valence-corrected chi connectivity index (χ0v) is 18.0. The molecule has 0 unspecified atom stereocenters. The Balaban J connectivity index is 1.56. The highest BCUT2D eigenvalue weighted by Crippen LogP contribution is 2.50. The van der Waals surface area contributed by atoms with E-state index in [4.69, 9.17) is 9.47 Å². The van der Waals surface area contributed by atoms with Crippen LogP contribution in [-0.2, 0) is 14.8 Å². The lowest BCUT2D eigenvalue weighted by atomic mass is 9.67. The fraction of sp³-hybridized carbons (Fsp3) is 0.667. The number of amides is 1. The predicted molar refractivity (Wildman–Crippen MR) is 111 cm³/mol. The maximum Gasteiger partial charge on any atom is 0.229 e. The number of anilines is 1. The standard InChI is InChI=1S/C21H30N2O5S/c1-27-18-9-6-15(12-19(18)28-2)22-20(24)17-13-23(29(25,26)16-7-8-16)14-21(17)10-4-3-5-11-21/h6,9,12,16-17H,3-5,7-8,10-11,13-14H2,1-2H3,(H,22,24)/t17-/m0/s1. The van der Waals surface area contributed by atoms with Crippen LogP contribution in [0, 0.1) is 11.3 Å². The van der Waals surface area contributed by atoms with Crippen molar-refractivity contribution in [1.29, 1.82) is 0 Å². The predicted octanol–water partition coefficient (Wildman–Crippen LogP) is 3.02. The summed E-state index contributed by atoms with van der Waals surface area (Å²) < 4.78 is 37.9. The summed E-state index contributed by atoms with van der Waals surface area (Å²) in [4.78, 5) is 13.3. The number of nitrogens with one attached hydrogen (secondary N) is 1. The summed E-state index contributed by atoms with van der Waals surface area (Å²) in [6.07, 6.45) is 6.57. The van der Waals surface area contributed by atoms with Gasteiger partial charge >= 0.3 is 0 Å². The van der Waals surface area contributed by atoms with E-state index < -0.39 is 10.0 Å². The number of ether oxygens (including phenoxy) is 2. The number of nitrogens with zero attached hydrogens (tertiary/aromatic N) is 1. The molecule has 1 atom stereocenters. The molecule has 3 aliphatic rings. The van der Waals surface area contributed by atoms with Gasteiger partial charge in [-0.1, -0.05) is 19.3 Å². The Hall–Kier alpha value is -1.80. The summed E-state index contributed by atoms with van der Waals surface area (Å²) >= 11 is 0. The molecule has 1 amide bonds. The van der Waals surface area contributed by atoms with Crippen molar-refractivity contribution < 1.29 is 22.7 Å². The van der Waals surface area contributed by atoms with Gasteiger partial charge in [0.1, 0.15) is 0 Å². The van der Waals surface area contributed by atoms with Crippen LogP contribution in [0.1, 0.15) is 44.9 Å². The number of benzene rings is 1. The van der Waals surface area contributed by atoms with Gasteiger partial charge in [0.2, 0.25) is 15.9 Å². The minimum absolute atomic E-state index is 0.104. The Morgan fingerprint density at radius 1 is 1.10 bits per heavy atom. The monoisotopic (exact) mass is 422 g/mol. The molecule has 1 N–H and O–H groups in total. The molecule has 0 aromatic heterocycles. The maximum absolute atomic E-state index is 13.3. The quantitative estimate of drug-likeness (QED) is 0.762. The van der Waals surface area contributed by atoms with Gasteiger partial charge in [-0.3, -0.25) is 4.79 Å². The first-order valence-electron chi connectivity index (χ1n) is 10.4. The van der Waals surface area contributed by atoms with Crippen LogP contribution in [0.15, 0.2) is 18.2 Å². The smallest absolute Gasteiger partial charge is 0.229 e. The van der Waals surface area contributed by atoms with Gasteiger partial charge in [-0.2, -0.15) is 0 Å². The zero-order valence-electron chi connectivity index (χ0n) is 17.1. The molecule has 1 aromatic rings. The van der Waals surface area contributed by atoms with E-state index >= 15 is 0 Å². The van der Waals surface area contributed by atoms with Gasteiger partial charge in [0.15, 0.2) is 11.5 Å². The molecule has 0 radical (unpaired) electrons. The second kappa shape index (κ2) is 7.80. The lowest BCUT2D eigenvalue weighted by molar-refractivity contribution is -0.123. The Morgan fingerprint density at radius 2 is 1.79 bits per heavy atom. The number of methoxy groups -OCH3 is 2. The highest BCUT2D eigenvalue weighted by molar-refractivity contribution is 7.90. The van der Waals surface area contributed by atoms with E-state index in [1.165, 1.54) is 0 Å². The number of hydrogen-bond acceptors (Lipinski definition) is 5. The van der Waals surface area contributed by atoms with E-state index in [0.717, 1.165) is 44.9 Å². The van der Waals surface area contributed by atoms with Crippen LogP contribution in [0.4, 0.5) is 5.69 Å². The molecule has 7 nitrogen and oxygen atoms in total. The Morgan fingerprint density at radius 3 is 2.41 bits per heavy atom. The molecule has 8 heteroatoms. The van der Waals surface area contributed by atoms with Crippen molar-refractivity contribution >= 4 is 21.6 Å². The molecule has 4 rings (SSSR count). The van der Waals surface area contributed by atoms with Crippen LogP contribution in [0.3, 0.4) is 0 Å². The van der Waals surface area contributed by atoms with Crippen molar-refractivity contribution in [3.05, 3.63) is 18.2 Å². The summed E-state index contributed by atoms with van der Waals surface area (Å²) in [5, 5.41) is 2.76. The van der Waals surface area contributed by atoms with Gasteiger partial charge in [0, 0.05) is 24.8 Å². The van der Waals surface area contributed by atoms with Gasteiger partial charge in [-0.15, -0.1) is 0 Å². The summed E-state index contributed by atoms with van der Waals surface area (Å²) in [6.45, 7) is 0.772. The molecule has 2 aliphatic carbocycles. The molecule has 0 bridgehead atoms. The largest absolute Gasteiger partial charge is 0.493 e. The van der Waals surface area contributed by atoms with Gasteiger partial charge in [0.25, 0.3) is 0 Å². The van der Waals surface area contributed by atoms with Crippen LogP contribution in [0.5, 0.6) is 11.5 Å². The molecule has 160 valence electrons. The minimum Gasteiger partial charge on any atom is -0.493 e. The summed E-state index contributed by atoms with van der Waals surface area (Å²) in [5.41, 5.74) is 0.378. The molecule has 3 fully saturated rings. The number of sulfonamides is 1. The van der Waals surface area contributed by atoms with Crippen molar-refractivity contribution in [2.24, 2.45) is 11.3 Å². The van der Waals surface area contributed by atoms with Crippen LogP contribution < -0.4 is 14.8 Å².